The van der Waals surface area contributed by atoms with Crippen molar-refractivity contribution in [1.82, 2.24) is 4.90 Å². The molecule has 8 nitrogen and oxygen atoms in total. The molecule has 1 heterocycles. The minimum atomic E-state index is -0.181. The molecule has 1 saturated heterocycles. The van der Waals surface area contributed by atoms with Gasteiger partial charge in [-0.15, -0.1) is 0 Å². The van der Waals surface area contributed by atoms with Crippen molar-refractivity contribution in [3.05, 3.63) is 0 Å². The fourth-order valence-electron chi connectivity index (χ4n) is 7.10. The van der Waals surface area contributed by atoms with Crippen LogP contribution in [-0.2, 0) is 33.3 Å². The molecule has 2 unspecified atom stereocenters. The molecule has 1 aliphatic rings. The summed E-state index contributed by atoms with van der Waals surface area (Å²) in [7, 11) is 2.09. The van der Waals surface area contributed by atoms with Crippen molar-refractivity contribution in [3.63, 3.8) is 0 Å². The Labute approximate surface area is 320 Å². The maximum Gasteiger partial charge on any atom is 0.311 e. The number of rotatable bonds is 35. The van der Waals surface area contributed by atoms with Gasteiger partial charge in [0.15, 0.2) is 0 Å². The summed E-state index contributed by atoms with van der Waals surface area (Å²) in [6, 6.07) is 0. The van der Waals surface area contributed by atoms with E-state index in [1.807, 2.05) is 0 Å². The molecule has 1 fully saturated rings. The largest absolute Gasteiger partial charge is 0.465 e. The number of hydrogen-bond acceptors (Lipinski definition) is 8. The van der Waals surface area contributed by atoms with Gasteiger partial charge in [-0.05, 0) is 71.4 Å². The number of likely N-dealkylation sites (N-methyl/N-ethyl adjacent to an activating group) is 1. The molecule has 1 rings (SSSR count). The van der Waals surface area contributed by atoms with Crippen LogP contribution in [0.1, 0.15) is 207 Å². The fraction of sp³-hybridized carbons (Fsp3) is 0.932. The Morgan fingerprint density at radius 3 is 1.40 bits per heavy atom. The van der Waals surface area contributed by atoms with Crippen molar-refractivity contribution in [2.75, 3.05) is 33.4 Å². The van der Waals surface area contributed by atoms with E-state index >= 15 is 0 Å². The summed E-state index contributed by atoms with van der Waals surface area (Å²) < 4.78 is 23.5. The molecular formula is C44H83NO7. The second-order valence-corrected chi connectivity index (χ2v) is 15.6. The van der Waals surface area contributed by atoms with Crippen molar-refractivity contribution in [3.8, 4) is 0 Å². The topological polar surface area (TPSA) is 91.4 Å². The molecule has 0 radical (unpaired) electrons. The van der Waals surface area contributed by atoms with Gasteiger partial charge in [0.1, 0.15) is 12.2 Å². The third kappa shape index (κ3) is 26.2. The predicted molar refractivity (Wildman–Crippen MR) is 213 cm³/mol. The summed E-state index contributed by atoms with van der Waals surface area (Å²) in [4.78, 5) is 39.9. The van der Waals surface area contributed by atoms with E-state index in [0.29, 0.717) is 26.1 Å². The summed E-state index contributed by atoms with van der Waals surface area (Å²) in [6.45, 7) is 11.5. The second kappa shape index (κ2) is 33.9. The van der Waals surface area contributed by atoms with E-state index in [4.69, 9.17) is 18.9 Å². The molecule has 0 amide bonds. The van der Waals surface area contributed by atoms with Gasteiger partial charge < -0.3 is 23.8 Å². The fourth-order valence-corrected chi connectivity index (χ4v) is 7.10. The van der Waals surface area contributed by atoms with E-state index in [9.17, 15) is 14.4 Å². The molecule has 306 valence electrons. The summed E-state index contributed by atoms with van der Waals surface area (Å²) in [5, 5.41) is 0. The van der Waals surface area contributed by atoms with Gasteiger partial charge in [-0.1, -0.05) is 137 Å². The molecule has 0 bridgehead atoms. The monoisotopic (exact) mass is 738 g/mol. The second-order valence-electron chi connectivity index (χ2n) is 15.6. The number of likely N-dealkylation sites (tertiary alicyclic amines) is 1. The van der Waals surface area contributed by atoms with Crippen molar-refractivity contribution in [2.24, 2.45) is 5.92 Å². The SMILES string of the molecule is CCCCC(CCCC)OC(=O)CCCCCCCCCOC1CN(C)CCC1C(=O)OCCCCCCCCC(=O)OC(CCCC)CCCC. The van der Waals surface area contributed by atoms with Gasteiger partial charge in [-0.25, -0.2) is 0 Å². The van der Waals surface area contributed by atoms with Gasteiger partial charge in [0.05, 0.1) is 18.6 Å². The number of carbonyl (C=O) groups excluding carboxylic acids is 3. The number of esters is 3. The first-order valence-corrected chi connectivity index (χ1v) is 22.2. The van der Waals surface area contributed by atoms with Gasteiger partial charge in [-0.3, -0.25) is 14.4 Å². The van der Waals surface area contributed by atoms with E-state index in [1.54, 1.807) is 0 Å². The summed E-state index contributed by atoms with van der Waals surface area (Å²) >= 11 is 0. The molecule has 0 aliphatic carbocycles. The normalized spacial score (nSPS) is 16.4. The average Bonchev–Trinajstić information content (AvgIpc) is 3.13. The van der Waals surface area contributed by atoms with Gasteiger partial charge in [0, 0.05) is 26.0 Å². The van der Waals surface area contributed by atoms with Crippen LogP contribution in [0.2, 0.25) is 0 Å². The Bertz CT molecular complexity index is 852. The molecule has 0 saturated carbocycles. The zero-order valence-corrected chi connectivity index (χ0v) is 34.7. The van der Waals surface area contributed by atoms with Crippen molar-refractivity contribution >= 4 is 17.9 Å². The van der Waals surface area contributed by atoms with Crippen molar-refractivity contribution in [1.29, 1.82) is 0 Å². The first-order chi connectivity index (χ1) is 25.3. The number of nitrogens with zero attached hydrogens (tertiary/aromatic N) is 1. The molecule has 0 spiro atoms. The number of hydrogen-bond donors (Lipinski definition) is 0. The average molecular weight is 738 g/mol. The Balaban J connectivity index is 2.12. The number of unbranched alkanes of at least 4 members (excludes halogenated alkanes) is 15. The van der Waals surface area contributed by atoms with Crippen LogP contribution in [0.25, 0.3) is 0 Å². The van der Waals surface area contributed by atoms with E-state index in [2.05, 4.69) is 39.6 Å². The van der Waals surface area contributed by atoms with E-state index < -0.39 is 0 Å². The van der Waals surface area contributed by atoms with Gasteiger partial charge in [0.2, 0.25) is 0 Å². The zero-order chi connectivity index (χ0) is 38.1. The van der Waals surface area contributed by atoms with E-state index in [-0.39, 0.29) is 42.1 Å². The van der Waals surface area contributed by atoms with Crippen molar-refractivity contribution in [2.45, 2.75) is 226 Å². The molecule has 8 heteroatoms. The molecule has 2 atom stereocenters. The minimum Gasteiger partial charge on any atom is -0.465 e. The highest BCUT2D eigenvalue weighted by molar-refractivity contribution is 5.73. The molecule has 0 aromatic carbocycles. The zero-order valence-electron chi connectivity index (χ0n) is 34.7. The van der Waals surface area contributed by atoms with Gasteiger partial charge >= 0.3 is 17.9 Å². The minimum absolute atomic E-state index is 0.0166. The maximum absolute atomic E-state index is 13.0. The molecule has 0 aromatic rings. The lowest BCUT2D eigenvalue weighted by Crippen LogP contribution is -2.47. The Kier molecular flexibility index (Phi) is 31.5. The molecular weight excluding hydrogens is 654 g/mol. The highest BCUT2D eigenvalue weighted by Crippen LogP contribution is 2.23. The standard InChI is InChI=1S/C44H83NO7/c1-6-10-27-38(28-11-7-2)51-42(46)31-23-19-15-14-17-21-25-35-49-41-37-45(5)34-33-40(41)44(48)50-36-26-22-18-16-20-24-32-43(47)52-39(29-12-8-3)30-13-9-4/h38-41H,6-37H2,1-5H3. The summed E-state index contributed by atoms with van der Waals surface area (Å²) in [5.74, 6) is -0.335. The van der Waals surface area contributed by atoms with Gasteiger partial charge in [0.25, 0.3) is 0 Å². The Morgan fingerprint density at radius 2 is 0.962 bits per heavy atom. The number of ether oxygens (including phenoxy) is 4. The molecule has 0 aromatic heterocycles. The Hall–Kier alpha value is -1.67. The third-order valence-corrected chi connectivity index (χ3v) is 10.6. The summed E-state index contributed by atoms with van der Waals surface area (Å²) in [6.07, 6.45) is 28.6. The quantitative estimate of drug-likeness (QED) is 0.0361. The van der Waals surface area contributed by atoms with Crippen LogP contribution < -0.4 is 0 Å². The first kappa shape index (κ1) is 48.3. The van der Waals surface area contributed by atoms with Crippen LogP contribution in [0.15, 0.2) is 0 Å². The number of carbonyl (C=O) groups is 3. The van der Waals surface area contributed by atoms with Crippen LogP contribution in [0.5, 0.6) is 0 Å². The third-order valence-electron chi connectivity index (χ3n) is 10.6. The van der Waals surface area contributed by atoms with Crippen molar-refractivity contribution < 1.29 is 33.3 Å². The maximum atomic E-state index is 13.0. The highest BCUT2D eigenvalue weighted by atomic mass is 16.6. The highest BCUT2D eigenvalue weighted by Gasteiger charge is 2.34. The summed E-state index contributed by atoms with van der Waals surface area (Å²) in [5.41, 5.74) is 0. The lowest BCUT2D eigenvalue weighted by Gasteiger charge is -2.35. The van der Waals surface area contributed by atoms with E-state index in [1.165, 1.54) is 12.8 Å². The van der Waals surface area contributed by atoms with E-state index in [0.717, 1.165) is 167 Å². The first-order valence-electron chi connectivity index (χ1n) is 22.2. The molecule has 0 N–H and O–H groups in total. The molecule has 52 heavy (non-hydrogen) atoms. The van der Waals surface area contributed by atoms with Crippen LogP contribution in [0, 0.1) is 5.92 Å². The van der Waals surface area contributed by atoms with Crippen LogP contribution in [0.4, 0.5) is 0 Å². The van der Waals surface area contributed by atoms with Crippen LogP contribution >= 0.6 is 0 Å². The Morgan fingerprint density at radius 1 is 0.558 bits per heavy atom. The van der Waals surface area contributed by atoms with Gasteiger partial charge in [-0.2, -0.15) is 0 Å². The lowest BCUT2D eigenvalue weighted by atomic mass is 9.94. The van der Waals surface area contributed by atoms with Crippen LogP contribution in [-0.4, -0.2) is 74.5 Å². The lowest BCUT2D eigenvalue weighted by molar-refractivity contribution is -0.158. The molecule has 1 aliphatic heterocycles. The van der Waals surface area contributed by atoms with Crippen LogP contribution in [0.3, 0.4) is 0 Å². The predicted octanol–water partition coefficient (Wildman–Crippen LogP) is 11.3. The number of piperidine rings is 1. The smallest absolute Gasteiger partial charge is 0.311 e.